The SMILES string of the molecule is CCCOC(=O)C(CC)(CC)C(=O)Oc1cccc(C(F)(F)F)c1F. The van der Waals surface area contributed by atoms with Crippen molar-refractivity contribution in [1.82, 2.24) is 0 Å². The van der Waals surface area contributed by atoms with Crippen molar-refractivity contribution in [2.24, 2.45) is 5.41 Å². The molecule has 0 aromatic heterocycles. The minimum absolute atomic E-state index is 0.00542. The van der Waals surface area contributed by atoms with Crippen LogP contribution >= 0.6 is 0 Å². The molecule has 0 aliphatic carbocycles. The van der Waals surface area contributed by atoms with Crippen LogP contribution in [0.1, 0.15) is 45.6 Å². The molecule has 140 valence electrons. The predicted molar refractivity (Wildman–Crippen MR) is 81.3 cm³/mol. The van der Waals surface area contributed by atoms with E-state index in [0.717, 1.165) is 12.1 Å². The van der Waals surface area contributed by atoms with E-state index in [1.54, 1.807) is 20.8 Å². The fourth-order valence-corrected chi connectivity index (χ4v) is 2.25. The maximum absolute atomic E-state index is 14.0. The lowest BCUT2D eigenvalue weighted by Gasteiger charge is -2.26. The van der Waals surface area contributed by atoms with E-state index in [-0.39, 0.29) is 19.4 Å². The Balaban J connectivity index is 3.16. The lowest BCUT2D eigenvalue weighted by atomic mass is 9.82. The van der Waals surface area contributed by atoms with Crippen LogP contribution in [0.4, 0.5) is 17.6 Å². The number of carbonyl (C=O) groups excluding carboxylic acids is 2. The highest BCUT2D eigenvalue weighted by atomic mass is 19.4. The third-order valence-electron chi connectivity index (χ3n) is 3.90. The summed E-state index contributed by atoms with van der Waals surface area (Å²) < 4.78 is 62.1. The van der Waals surface area contributed by atoms with E-state index >= 15 is 0 Å². The molecule has 8 heteroatoms. The van der Waals surface area contributed by atoms with Gasteiger partial charge in [0.15, 0.2) is 17.0 Å². The van der Waals surface area contributed by atoms with Crippen molar-refractivity contribution in [3.8, 4) is 5.75 Å². The van der Waals surface area contributed by atoms with Crippen LogP contribution in [0, 0.1) is 11.2 Å². The zero-order valence-corrected chi connectivity index (χ0v) is 14.2. The molecule has 1 aromatic carbocycles. The topological polar surface area (TPSA) is 52.6 Å². The highest BCUT2D eigenvalue weighted by molar-refractivity contribution is 6.00. The van der Waals surface area contributed by atoms with Crippen LogP contribution in [0.3, 0.4) is 0 Å². The molecular weight excluding hydrogens is 344 g/mol. The number of halogens is 4. The molecule has 0 unspecified atom stereocenters. The zero-order valence-electron chi connectivity index (χ0n) is 14.2. The molecule has 0 bridgehead atoms. The van der Waals surface area contributed by atoms with E-state index in [1.807, 2.05) is 0 Å². The molecule has 0 amide bonds. The molecule has 0 aliphatic rings. The first-order chi connectivity index (χ1) is 11.6. The second-order valence-corrected chi connectivity index (χ2v) is 5.43. The van der Waals surface area contributed by atoms with Gasteiger partial charge in [0.25, 0.3) is 0 Å². The lowest BCUT2D eigenvalue weighted by Crippen LogP contribution is -2.42. The van der Waals surface area contributed by atoms with Gasteiger partial charge in [-0.1, -0.05) is 26.8 Å². The summed E-state index contributed by atoms with van der Waals surface area (Å²) in [5.41, 5.74) is -3.25. The van der Waals surface area contributed by atoms with Gasteiger partial charge >= 0.3 is 18.1 Å². The van der Waals surface area contributed by atoms with Gasteiger partial charge in [0.1, 0.15) is 0 Å². The maximum Gasteiger partial charge on any atom is 0.419 e. The summed E-state index contributed by atoms with van der Waals surface area (Å²) in [6.45, 7) is 4.94. The Bertz CT molecular complexity index is 622. The van der Waals surface area contributed by atoms with Gasteiger partial charge in [0.05, 0.1) is 12.2 Å². The first-order valence-electron chi connectivity index (χ1n) is 7.89. The van der Waals surface area contributed by atoms with Gasteiger partial charge in [0.2, 0.25) is 0 Å². The summed E-state index contributed by atoms with van der Waals surface area (Å²) in [6.07, 6.45) is -4.39. The smallest absolute Gasteiger partial charge is 0.419 e. The molecule has 4 nitrogen and oxygen atoms in total. The predicted octanol–water partition coefficient (Wildman–Crippen LogP) is 4.51. The van der Waals surface area contributed by atoms with E-state index in [1.165, 1.54) is 0 Å². The fraction of sp³-hybridized carbons (Fsp3) is 0.529. The quantitative estimate of drug-likeness (QED) is 0.309. The van der Waals surface area contributed by atoms with Gasteiger partial charge in [-0.15, -0.1) is 0 Å². The normalized spacial score (nSPS) is 12.0. The van der Waals surface area contributed by atoms with Crippen LogP contribution in [0.2, 0.25) is 0 Å². The highest BCUT2D eigenvalue weighted by Gasteiger charge is 2.46. The Hall–Kier alpha value is -2.12. The van der Waals surface area contributed by atoms with Gasteiger partial charge in [-0.05, 0) is 31.4 Å². The van der Waals surface area contributed by atoms with Crippen LogP contribution in [-0.2, 0) is 20.5 Å². The molecule has 0 saturated heterocycles. The minimum atomic E-state index is -4.93. The van der Waals surface area contributed by atoms with Crippen molar-refractivity contribution in [3.63, 3.8) is 0 Å². The lowest BCUT2D eigenvalue weighted by molar-refractivity contribution is -0.168. The summed E-state index contributed by atoms with van der Waals surface area (Å²) in [4.78, 5) is 24.7. The molecule has 25 heavy (non-hydrogen) atoms. The van der Waals surface area contributed by atoms with Gasteiger partial charge in [-0.3, -0.25) is 9.59 Å². The van der Waals surface area contributed by atoms with E-state index < -0.39 is 40.7 Å². The number of hydrogen-bond donors (Lipinski definition) is 0. The monoisotopic (exact) mass is 364 g/mol. The van der Waals surface area contributed by atoms with Crippen molar-refractivity contribution in [2.75, 3.05) is 6.61 Å². The van der Waals surface area contributed by atoms with Gasteiger partial charge < -0.3 is 9.47 Å². The van der Waals surface area contributed by atoms with E-state index in [2.05, 4.69) is 0 Å². The molecule has 0 saturated carbocycles. The number of ether oxygens (including phenoxy) is 2. The van der Waals surface area contributed by atoms with Crippen molar-refractivity contribution < 1.29 is 36.6 Å². The summed E-state index contributed by atoms with van der Waals surface area (Å²) >= 11 is 0. The molecule has 0 radical (unpaired) electrons. The molecule has 0 N–H and O–H groups in total. The maximum atomic E-state index is 14.0. The number of alkyl halides is 3. The van der Waals surface area contributed by atoms with Gasteiger partial charge in [-0.25, -0.2) is 4.39 Å². The highest BCUT2D eigenvalue weighted by Crippen LogP contribution is 2.36. The van der Waals surface area contributed by atoms with Crippen molar-refractivity contribution in [2.45, 2.75) is 46.2 Å². The van der Waals surface area contributed by atoms with E-state index in [0.29, 0.717) is 12.5 Å². The molecule has 1 rings (SSSR count). The average Bonchev–Trinajstić information content (AvgIpc) is 2.55. The molecule has 0 heterocycles. The third-order valence-corrected chi connectivity index (χ3v) is 3.90. The van der Waals surface area contributed by atoms with Crippen LogP contribution in [-0.4, -0.2) is 18.5 Å². The average molecular weight is 364 g/mol. The Morgan fingerprint density at radius 1 is 1.04 bits per heavy atom. The number of hydrogen-bond acceptors (Lipinski definition) is 4. The number of esters is 2. The van der Waals surface area contributed by atoms with E-state index in [4.69, 9.17) is 9.47 Å². The van der Waals surface area contributed by atoms with Gasteiger partial charge in [-0.2, -0.15) is 13.2 Å². The number of rotatable bonds is 7. The Morgan fingerprint density at radius 3 is 2.12 bits per heavy atom. The van der Waals surface area contributed by atoms with Crippen molar-refractivity contribution in [1.29, 1.82) is 0 Å². The standard InChI is InChI=1S/C17H20F4O4/c1-4-10-24-14(22)16(5-2,6-3)15(23)25-12-9-7-8-11(13(12)18)17(19,20)21/h7-9H,4-6,10H2,1-3H3. The zero-order chi connectivity index (χ0) is 19.3. The van der Waals surface area contributed by atoms with Crippen LogP contribution < -0.4 is 4.74 Å². The molecular formula is C17H20F4O4. The van der Waals surface area contributed by atoms with Crippen molar-refractivity contribution >= 4 is 11.9 Å². The fourth-order valence-electron chi connectivity index (χ4n) is 2.25. The van der Waals surface area contributed by atoms with Gasteiger partial charge in [0, 0.05) is 0 Å². The Kier molecular flexibility index (Phi) is 6.96. The second kappa shape index (κ2) is 8.31. The van der Waals surface area contributed by atoms with E-state index in [9.17, 15) is 27.2 Å². The number of benzene rings is 1. The van der Waals surface area contributed by atoms with Crippen molar-refractivity contribution in [3.05, 3.63) is 29.6 Å². The molecule has 0 aliphatic heterocycles. The molecule has 0 spiro atoms. The first kappa shape index (κ1) is 20.9. The summed E-state index contributed by atoms with van der Waals surface area (Å²) in [5.74, 6) is -4.56. The largest absolute Gasteiger partial charge is 0.465 e. The molecule has 0 fully saturated rings. The minimum Gasteiger partial charge on any atom is -0.465 e. The summed E-state index contributed by atoms with van der Waals surface area (Å²) in [6, 6.07) is 2.36. The first-order valence-corrected chi connectivity index (χ1v) is 7.89. The molecule has 0 atom stereocenters. The molecule has 1 aromatic rings. The second-order valence-electron chi connectivity index (χ2n) is 5.43. The van der Waals surface area contributed by atoms with Crippen LogP contribution in [0.15, 0.2) is 18.2 Å². The Labute approximate surface area is 143 Å². The summed E-state index contributed by atoms with van der Waals surface area (Å²) in [5, 5.41) is 0. The Morgan fingerprint density at radius 2 is 1.64 bits per heavy atom. The van der Waals surface area contributed by atoms with Crippen LogP contribution in [0.5, 0.6) is 5.75 Å². The summed E-state index contributed by atoms with van der Waals surface area (Å²) in [7, 11) is 0. The third kappa shape index (κ3) is 4.49. The van der Waals surface area contributed by atoms with Crippen LogP contribution in [0.25, 0.3) is 0 Å². The number of carbonyl (C=O) groups is 2.